The summed E-state index contributed by atoms with van der Waals surface area (Å²) in [6, 6.07) is 4.48. The van der Waals surface area contributed by atoms with E-state index in [1.54, 1.807) is 0 Å². The van der Waals surface area contributed by atoms with Crippen LogP contribution in [0.15, 0.2) is 29.8 Å². The molecule has 0 spiro atoms. The summed E-state index contributed by atoms with van der Waals surface area (Å²) in [5.74, 6) is 4.42. The topological polar surface area (TPSA) is 66.6 Å². The predicted octanol–water partition coefficient (Wildman–Crippen LogP) is 3.73. The molecule has 3 aromatic heterocycles. The van der Waals surface area contributed by atoms with E-state index in [-0.39, 0.29) is 36.0 Å². The van der Waals surface area contributed by atoms with E-state index in [2.05, 4.69) is 22.1 Å². The number of aliphatic hydroxyl groups excluding tert-OH is 1. The van der Waals surface area contributed by atoms with Crippen molar-refractivity contribution in [2.24, 2.45) is 0 Å². The quantitative estimate of drug-likeness (QED) is 0.623. The highest BCUT2D eigenvalue weighted by Gasteiger charge is 2.35. The Morgan fingerprint density at radius 1 is 1.43 bits per heavy atom. The van der Waals surface area contributed by atoms with Crippen LogP contribution in [0.4, 0.5) is 13.2 Å². The fourth-order valence-corrected chi connectivity index (χ4v) is 3.32. The molecule has 3 aromatic rings. The Morgan fingerprint density at radius 3 is 2.86 bits per heavy atom. The second-order valence-corrected chi connectivity index (χ2v) is 7.01. The van der Waals surface area contributed by atoms with Crippen LogP contribution in [-0.2, 0) is 12.7 Å². The normalized spacial score (nSPS) is 11.3. The van der Waals surface area contributed by atoms with Crippen molar-refractivity contribution in [2.45, 2.75) is 19.1 Å². The summed E-state index contributed by atoms with van der Waals surface area (Å²) in [6.45, 7) is 0.00643. The Balaban J connectivity index is 2.02. The number of thiophene rings is 1. The first-order valence-corrected chi connectivity index (χ1v) is 9.26. The van der Waals surface area contributed by atoms with Crippen molar-refractivity contribution >= 4 is 34.5 Å². The average molecular weight is 428 g/mol. The van der Waals surface area contributed by atoms with E-state index in [1.807, 2.05) is 17.5 Å². The van der Waals surface area contributed by atoms with E-state index in [9.17, 15) is 18.0 Å². The van der Waals surface area contributed by atoms with Gasteiger partial charge in [0.1, 0.15) is 10.7 Å². The SMILES string of the molecule is O=C(NCc1cccs1)c1nc2c(C(F)(F)F)cc(C#CCCO)cn2c1Cl. The standard InChI is InChI=1S/C18H13ClF3N3O2S/c19-15-14(17(27)23-9-12-5-3-7-28-12)24-16-13(18(20,21)22)8-11(10-25(15)16)4-1-2-6-26/h3,5,7-8,10,26H,2,6,9H2,(H,23,27). The van der Waals surface area contributed by atoms with Crippen molar-refractivity contribution in [3.05, 3.63) is 56.6 Å². The molecule has 5 nitrogen and oxygen atoms in total. The maximum absolute atomic E-state index is 13.5. The van der Waals surface area contributed by atoms with E-state index < -0.39 is 23.3 Å². The van der Waals surface area contributed by atoms with Crippen molar-refractivity contribution in [2.75, 3.05) is 6.61 Å². The van der Waals surface area contributed by atoms with E-state index >= 15 is 0 Å². The van der Waals surface area contributed by atoms with Crippen LogP contribution in [0.1, 0.15) is 32.9 Å². The molecule has 2 N–H and O–H groups in total. The molecule has 0 unspecified atom stereocenters. The Morgan fingerprint density at radius 2 is 2.21 bits per heavy atom. The molecule has 0 fully saturated rings. The van der Waals surface area contributed by atoms with Gasteiger partial charge in [0.2, 0.25) is 0 Å². The zero-order valence-electron chi connectivity index (χ0n) is 14.2. The number of halogens is 4. The molecule has 0 saturated heterocycles. The highest BCUT2D eigenvalue weighted by Crippen LogP contribution is 2.34. The van der Waals surface area contributed by atoms with Crippen LogP contribution in [0.25, 0.3) is 5.65 Å². The largest absolute Gasteiger partial charge is 0.420 e. The van der Waals surface area contributed by atoms with Gasteiger partial charge in [0.05, 0.1) is 13.2 Å². The number of alkyl halides is 3. The number of carbonyl (C=O) groups is 1. The molecule has 10 heteroatoms. The van der Waals surface area contributed by atoms with Gasteiger partial charge in [0.25, 0.3) is 5.91 Å². The number of aliphatic hydroxyl groups is 1. The highest BCUT2D eigenvalue weighted by atomic mass is 35.5. The summed E-state index contributed by atoms with van der Waals surface area (Å²) in [6.07, 6.45) is -3.32. The van der Waals surface area contributed by atoms with Gasteiger partial charge >= 0.3 is 6.18 Å². The molecule has 0 bridgehead atoms. The number of aromatic nitrogens is 2. The van der Waals surface area contributed by atoms with Gasteiger partial charge in [-0.25, -0.2) is 4.98 Å². The molecule has 1 amide bonds. The molecule has 3 heterocycles. The van der Waals surface area contributed by atoms with Crippen LogP contribution in [0, 0.1) is 11.8 Å². The monoisotopic (exact) mass is 427 g/mol. The summed E-state index contributed by atoms with van der Waals surface area (Å²) < 4.78 is 41.4. The Hall–Kier alpha value is -2.54. The summed E-state index contributed by atoms with van der Waals surface area (Å²) >= 11 is 7.59. The molecule has 0 atom stereocenters. The van der Waals surface area contributed by atoms with Gasteiger partial charge in [0.15, 0.2) is 11.3 Å². The molecule has 28 heavy (non-hydrogen) atoms. The Bertz CT molecular complexity index is 1070. The van der Waals surface area contributed by atoms with Crippen molar-refractivity contribution in [3.8, 4) is 11.8 Å². The molecule has 0 saturated carbocycles. The molecule has 0 radical (unpaired) electrons. The third-order valence-electron chi connectivity index (χ3n) is 3.66. The highest BCUT2D eigenvalue weighted by molar-refractivity contribution is 7.09. The first-order chi connectivity index (χ1) is 13.3. The lowest BCUT2D eigenvalue weighted by atomic mass is 10.2. The van der Waals surface area contributed by atoms with E-state index in [1.165, 1.54) is 17.5 Å². The maximum atomic E-state index is 13.5. The summed E-state index contributed by atoms with van der Waals surface area (Å²) in [7, 11) is 0. The number of carbonyl (C=O) groups excluding carboxylic acids is 1. The third kappa shape index (κ3) is 4.30. The number of pyridine rings is 1. The number of fused-ring (bicyclic) bond motifs is 1. The molecule has 0 aliphatic heterocycles. The number of imidazole rings is 1. The number of nitrogens with one attached hydrogen (secondary N) is 1. The van der Waals surface area contributed by atoms with Crippen LogP contribution in [0.5, 0.6) is 0 Å². The van der Waals surface area contributed by atoms with Crippen LogP contribution < -0.4 is 5.32 Å². The van der Waals surface area contributed by atoms with E-state index in [4.69, 9.17) is 16.7 Å². The van der Waals surface area contributed by atoms with Crippen LogP contribution >= 0.6 is 22.9 Å². The van der Waals surface area contributed by atoms with Crippen molar-refractivity contribution in [1.29, 1.82) is 0 Å². The molecule has 146 valence electrons. The number of hydrogen-bond donors (Lipinski definition) is 2. The average Bonchev–Trinajstić information content (AvgIpc) is 3.27. The minimum Gasteiger partial charge on any atom is -0.395 e. The molecule has 0 aromatic carbocycles. The number of hydrogen-bond acceptors (Lipinski definition) is 4. The first-order valence-electron chi connectivity index (χ1n) is 8.00. The smallest absolute Gasteiger partial charge is 0.395 e. The summed E-state index contributed by atoms with van der Waals surface area (Å²) in [5.41, 5.74) is -1.80. The zero-order valence-corrected chi connectivity index (χ0v) is 15.8. The van der Waals surface area contributed by atoms with Gasteiger partial charge < -0.3 is 10.4 Å². The summed E-state index contributed by atoms with van der Waals surface area (Å²) in [4.78, 5) is 17.1. The molecule has 3 rings (SSSR count). The fraction of sp³-hybridized carbons (Fsp3) is 0.222. The first kappa shape index (κ1) is 20.2. The lowest BCUT2D eigenvalue weighted by molar-refractivity contribution is -0.136. The minimum absolute atomic E-state index is 0.0399. The Kier molecular flexibility index (Phi) is 5.93. The second-order valence-electron chi connectivity index (χ2n) is 5.62. The van der Waals surface area contributed by atoms with Gasteiger partial charge in [0, 0.05) is 23.1 Å². The lowest BCUT2D eigenvalue weighted by Crippen LogP contribution is -2.23. The van der Waals surface area contributed by atoms with Crippen LogP contribution in [-0.4, -0.2) is 27.0 Å². The van der Waals surface area contributed by atoms with Crippen LogP contribution in [0.3, 0.4) is 0 Å². The second kappa shape index (κ2) is 8.22. The molecular formula is C18H13ClF3N3O2S. The van der Waals surface area contributed by atoms with Gasteiger partial charge in [-0.15, -0.1) is 11.3 Å². The number of amides is 1. The molecule has 0 aliphatic rings. The van der Waals surface area contributed by atoms with E-state index in [0.29, 0.717) is 0 Å². The van der Waals surface area contributed by atoms with Gasteiger partial charge in [-0.05, 0) is 17.5 Å². The maximum Gasteiger partial charge on any atom is 0.420 e. The van der Waals surface area contributed by atoms with Crippen molar-refractivity contribution in [1.82, 2.24) is 14.7 Å². The van der Waals surface area contributed by atoms with Gasteiger partial charge in [-0.1, -0.05) is 29.5 Å². The predicted molar refractivity (Wildman–Crippen MR) is 99.3 cm³/mol. The van der Waals surface area contributed by atoms with Gasteiger partial charge in [-0.2, -0.15) is 13.2 Å². The van der Waals surface area contributed by atoms with Crippen molar-refractivity contribution < 1.29 is 23.1 Å². The third-order valence-corrected chi connectivity index (χ3v) is 4.89. The summed E-state index contributed by atoms with van der Waals surface area (Å²) in [5, 5.41) is 13.0. The number of rotatable bonds is 4. The van der Waals surface area contributed by atoms with E-state index in [0.717, 1.165) is 15.3 Å². The van der Waals surface area contributed by atoms with Crippen LogP contribution in [0.2, 0.25) is 5.15 Å². The zero-order chi connectivity index (χ0) is 20.3. The fourth-order valence-electron chi connectivity index (χ4n) is 2.42. The number of nitrogens with zero attached hydrogens (tertiary/aromatic N) is 2. The minimum atomic E-state index is -4.71. The van der Waals surface area contributed by atoms with Crippen molar-refractivity contribution in [3.63, 3.8) is 0 Å². The molecule has 0 aliphatic carbocycles. The lowest BCUT2D eigenvalue weighted by Gasteiger charge is -2.09. The van der Waals surface area contributed by atoms with Gasteiger partial charge in [-0.3, -0.25) is 9.20 Å². The molecular weight excluding hydrogens is 415 g/mol. The Labute approximate surface area is 166 Å².